The van der Waals surface area contributed by atoms with Crippen LogP contribution in [0.2, 0.25) is 5.02 Å². The molecule has 0 bridgehead atoms. The van der Waals surface area contributed by atoms with Gasteiger partial charge in [-0.1, -0.05) is 84.4 Å². The van der Waals surface area contributed by atoms with Crippen LogP contribution in [0.15, 0.2) is 84.9 Å². The van der Waals surface area contributed by atoms with Gasteiger partial charge in [0.1, 0.15) is 0 Å². The van der Waals surface area contributed by atoms with Gasteiger partial charge in [0, 0.05) is 28.5 Å². The van der Waals surface area contributed by atoms with Crippen LogP contribution >= 0.6 is 11.6 Å². The van der Waals surface area contributed by atoms with Gasteiger partial charge < -0.3 is 0 Å². The number of rotatable bonds is 7. The Bertz CT molecular complexity index is 871. The van der Waals surface area contributed by atoms with E-state index in [0.717, 1.165) is 5.56 Å². The zero-order valence-corrected chi connectivity index (χ0v) is 15.0. The van der Waals surface area contributed by atoms with Crippen LogP contribution in [0.1, 0.15) is 45.0 Å². The van der Waals surface area contributed by atoms with Gasteiger partial charge in [0.2, 0.25) is 0 Å². The van der Waals surface area contributed by atoms with E-state index >= 15 is 0 Å². The first kappa shape index (κ1) is 18.1. The maximum atomic E-state index is 13.0. The summed E-state index contributed by atoms with van der Waals surface area (Å²) in [5, 5.41) is 0.625. The molecular weight excluding hydrogens is 344 g/mol. The van der Waals surface area contributed by atoms with E-state index in [9.17, 15) is 9.59 Å². The molecule has 130 valence electrons. The van der Waals surface area contributed by atoms with Gasteiger partial charge in [-0.05, 0) is 24.1 Å². The van der Waals surface area contributed by atoms with Gasteiger partial charge in [0.15, 0.2) is 11.6 Å². The minimum Gasteiger partial charge on any atom is -0.294 e. The van der Waals surface area contributed by atoms with Gasteiger partial charge in [-0.2, -0.15) is 0 Å². The number of ketones is 2. The largest absolute Gasteiger partial charge is 0.294 e. The minimum absolute atomic E-state index is 0.0220. The molecule has 3 heteroatoms. The van der Waals surface area contributed by atoms with Gasteiger partial charge in [-0.25, -0.2) is 0 Å². The summed E-state index contributed by atoms with van der Waals surface area (Å²) in [6, 6.07) is 25.7. The highest BCUT2D eigenvalue weighted by molar-refractivity contribution is 6.30. The Balaban J connectivity index is 1.82. The summed E-state index contributed by atoms with van der Waals surface area (Å²) < 4.78 is 0. The molecule has 3 rings (SSSR count). The first-order valence-electron chi connectivity index (χ1n) is 8.58. The summed E-state index contributed by atoms with van der Waals surface area (Å²) in [6.07, 6.45) is 0.777. The number of carbonyl (C=O) groups is 2. The van der Waals surface area contributed by atoms with Crippen molar-refractivity contribution in [3.63, 3.8) is 0 Å². The SMILES string of the molecule is O=C(CCC(C(=O)c1ccccc1)c1ccc(Cl)cc1)c1ccccc1. The fourth-order valence-corrected chi connectivity index (χ4v) is 3.12. The molecule has 0 aliphatic heterocycles. The van der Waals surface area contributed by atoms with Crippen molar-refractivity contribution in [3.05, 3.63) is 107 Å². The van der Waals surface area contributed by atoms with Crippen LogP contribution in [0, 0.1) is 0 Å². The zero-order valence-electron chi connectivity index (χ0n) is 14.3. The van der Waals surface area contributed by atoms with Crippen LogP contribution < -0.4 is 0 Å². The van der Waals surface area contributed by atoms with Crippen molar-refractivity contribution in [2.24, 2.45) is 0 Å². The minimum atomic E-state index is -0.373. The van der Waals surface area contributed by atoms with Gasteiger partial charge >= 0.3 is 0 Å². The monoisotopic (exact) mass is 362 g/mol. The van der Waals surface area contributed by atoms with Crippen molar-refractivity contribution < 1.29 is 9.59 Å². The van der Waals surface area contributed by atoms with Crippen LogP contribution in [0.25, 0.3) is 0 Å². The van der Waals surface area contributed by atoms with Gasteiger partial charge in [0.05, 0.1) is 0 Å². The topological polar surface area (TPSA) is 34.1 Å². The van der Waals surface area contributed by atoms with Gasteiger partial charge in [0.25, 0.3) is 0 Å². The number of Topliss-reactive ketones (excluding diaryl/α,β-unsaturated/α-hetero) is 2. The Labute approximate surface area is 158 Å². The number of hydrogen-bond donors (Lipinski definition) is 0. The molecule has 0 spiro atoms. The molecule has 0 heterocycles. The molecule has 3 aromatic rings. The zero-order chi connectivity index (χ0) is 18.4. The molecule has 2 nitrogen and oxygen atoms in total. The van der Waals surface area contributed by atoms with Crippen LogP contribution in [0.3, 0.4) is 0 Å². The molecule has 0 fully saturated rings. The molecule has 0 aliphatic carbocycles. The second-order valence-electron chi connectivity index (χ2n) is 6.16. The molecule has 0 aliphatic rings. The summed E-state index contributed by atoms with van der Waals surface area (Å²) in [7, 11) is 0. The first-order valence-corrected chi connectivity index (χ1v) is 8.96. The molecule has 1 atom stereocenters. The Morgan fingerprint density at radius 3 is 1.85 bits per heavy atom. The Morgan fingerprint density at radius 1 is 0.731 bits per heavy atom. The summed E-state index contributed by atoms with van der Waals surface area (Å²) in [4.78, 5) is 25.5. The Kier molecular flexibility index (Phi) is 5.98. The van der Waals surface area contributed by atoms with Crippen LogP contribution in [-0.4, -0.2) is 11.6 Å². The van der Waals surface area contributed by atoms with Crippen molar-refractivity contribution >= 4 is 23.2 Å². The molecule has 0 N–H and O–H groups in total. The van der Waals surface area contributed by atoms with E-state index in [1.165, 1.54) is 0 Å². The summed E-state index contributed by atoms with van der Waals surface area (Å²) in [6.45, 7) is 0. The standard InChI is InChI=1S/C23H19ClO2/c24-20-13-11-17(12-14-20)21(23(26)19-9-5-2-6-10-19)15-16-22(25)18-7-3-1-4-8-18/h1-14,21H,15-16H2. The lowest BCUT2D eigenvalue weighted by Gasteiger charge is -2.16. The Hall–Kier alpha value is -2.71. The average Bonchev–Trinajstić information content (AvgIpc) is 2.70. The molecule has 0 aromatic heterocycles. The van der Waals surface area contributed by atoms with Gasteiger partial charge in [-0.3, -0.25) is 9.59 Å². The van der Waals surface area contributed by atoms with Crippen LogP contribution in [-0.2, 0) is 0 Å². The Morgan fingerprint density at radius 2 is 1.27 bits per heavy atom. The van der Waals surface area contributed by atoms with Crippen LogP contribution in [0.5, 0.6) is 0 Å². The van der Waals surface area contributed by atoms with E-state index in [2.05, 4.69) is 0 Å². The van der Waals surface area contributed by atoms with E-state index in [1.54, 1.807) is 24.3 Å². The molecule has 0 radical (unpaired) electrons. The predicted molar refractivity (Wildman–Crippen MR) is 105 cm³/mol. The molecule has 26 heavy (non-hydrogen) atoms. The second kappa shape index (κ2) is 8.59. The molecule has 0 saturated carbocycles. The lowest BCUT2D eigenvalue weighted by atomic mass is 9.86. The summed E-state index contributed by atoms with van der Waals surface area (Å²) in [5.41, 5.74) is 2.21. The average molecular weight is 363 g/mol. The van der Waals surface area contributed by atoms with Crippen molar-refractivity contribution in [1.29, 1.82) is 0 Å². The summed E-state index contributed by atoms with van der Waals surface area (Å²) >= 11 is 5.98. The van der Waals surface area contributed by atoms with Crippen molar-refractivity contribution in [2.75, 3.05) is 0 Å². The highest BCUT2D eigenvalue weighted by Gasteiger charge is 2.23. The lowest BCUT2D eigenvalue weighted by Crippen LogP contribution is -2.15. The summed E-state index contributed by atoms with van der Waals surface area (Å²) in [5.74, 6) is -0.304. The number of benzene rings is 3. The van der Waals surface area contributed by atoms with E-state index in [0.29, 0.717) is 29.0 Å². The fourth-order valence-electron chi connectivity index (χ4n) is 2.99. The number of hydrogen-bond acceptors (Lipinski definition) is 2. The number of halogens is 1. The van der Waals surface area contributed by atoms with Crippen LogP contribution in [0.4, 0.5) is 0 Å². The van der Waals surface area contributed by atoms with E-state index in [1.807, 2.05) is 60.7 Å². The highest BCUT2D eigenvalue weighted by atomic mass is 35.5. The smallest absolute Gasteiger partial charge is 0.170 e. The number of carbonyl (C=O) groups excluding carboxylic acids is 2. The van der Waals surface area contributed by atoms with E-state index in [-0.39, 0.29) is 17.5 Å². The predicted octanol–water partition coefficient (Wildman–Crippen LogP) is 5.97. The third-order valence-electron chi connectivity index (χ3n) is 4.40. The normalized spacial score (nSPS) is 11.7. The third-order valence-corrected chi connectivity index (χ3v) is 4.65. The first-order chi connectivity index (χ1) is 12.6. The van der Waals surface area contributed by atoms with Crippen molar-refractivity contribution in [1.82, 2.24) is 0 Å². The molecular formula is C23H19ClO2. The molecule has 0 saturated heterocycles. The van der Waals surface area contributed by atoms with Gasteiger partial charge in [-0.15, -0.1) is 0 Å². The van der Waals surface area contributed by atoms with Crippen molar-refractivity contribution in [3.8, 4) is 0 Å². The van der Waals surface area contributed by atoms with Crippen molar-refractivity contribution in [2.45, 2.75) is 18.8 Å². The second-order valence-corrected chi connectivity index (χ2v) is 6.60. The maximum Gasteiger partial charge on any atom is 0.170 e. The molecule has 0 amide bonds. The van der Waals surface area contributed by atoms with E-state index < -0.39 is 0 Å². The fraction of sp³-hybridized carbons (Fsp3) is 0.130. The van der Waals surface area contributed by atoms with E-state index in [4.69, 9.17) is 11.6 Å². The maximum absolute atomic E-state index is 13.0. The third kappa shape index (κ3) is 4.47. The lowest BCUT2D eigenvalue weighted by molar-refractivity contribution is 0.0936. The quantitative estimate of drug-likeness (QED) is 0.485. The molecule has 3 aromatic carbocycles. The molecule has 1 unspecified atom stereocenters. The highest BCUT2D eigenvalue weighted by Crippen LogP contribution is 2.28.